The third-order valence-electron chi connectivity index (χ3n) is 5.12. The predicted molar refractivity (Wildman–Crippen MR) is 78.7 cm³/mol. The minimum Gasteiger partial charge on any atom is -0.381 e. The molecule has 3 atom stereocenters. The molecule has 4 rings (SSSR count). The minimum atomic E-state index is -0.00856. The van der Waals surface area contributed by atoms with Gasteiger partial charge in [-0.15, -0.1) is 0 Å². The van der Waals surface area contributed by atoms with Crippen LogP contribution in [-0.4, -0.2) is 30.6 Å². The zero-order valence-electron chi connectivity index (χ0n) is 11.4. The monoisotopic (exact) mass is 336 g/mol. The van der Waals surface area contributed by atoms with Crippen LogP contribution in [0.15, 0.2) is 16.7 Å². The molecular weight excluding hydrogens is 320 g/mol. The van der Waals surface area contributed by atoms with E-state index < -0.39 is 0 Å². The average molecular weight is 337 g/mol. The number of carbonyl (C=O) groups is 1. The van der Waals surface area contributed by atoms with E-state index in [2.05, 4.69) is 27.0 Å². The molecule has 4 nitrogen and oxygen atoms in total. The first-order valence-corrected chi connectivity index (χ1v) is 8.03. The molecule has 2 fully saturated rings. The largest absolute Gasteiger partial charge is 0.381 e. The summed E-state index contributed by atoms with van der Waals surface area (Å²) >= 11 is 3.53. The van der Waals surface area contributed by atoms with Gasteiger partial charge < -0.3 is 4.74 Å². The number of ether oxygens (including phenoxy) is 1. The smallest absolute Gasteiger partial charge is 0.232 e. The highest BCUT2D eigenvalue weighted by molar-refractivity contribution is 9.10. The number of anilines is 1. The Morgan fingerprint density at radius 3 is 3.25 bits per heavy atom. The van der Waals surface area contributed by atoms with Crippen LogP contribution < -0.4 is 4.90 Å². The number of hydrogen-bond donors (Lipinski definition) is 0. The number of nitrogens with zero attached hydrogens (tertiary/aromatic N) is 2. The van der Waals surface area contributed by atoms with Gasteiger partial charge in [-0.25, -0.2) is 4.98 Å². The molecule has 0 N–H and O–H groups in total. The Bertz CT molecular complexity index is 591. The summed E-state index contributed by atoms with van der Waals surface area (Å²) in [4.78, 5) is 19.2. The van der Waals surface area contributed by atoms with Gasteiger partial charge in [0.25, 0.3) is 0 Å². The molecule has 1 amide bonds. The van der Waals surface area contributed by atoms with Crippen LogP contribution in [0.1, 0.15) is 25.3 Å². The molecule has 1 spiro atoms. The standard InChI is InChI=1S/C15H17BrN2O2/c1-2-18-13-12(5-10(16)7-17-13)15-6-9(15)8-20-4-3-11(15)14(18)19/h5,7,9,11H,2-4,6,8H2,1H3/t9?,11-,15?/m1/s1. The Balaban J connectivity index is 1.93. The lowest BCUT2D eigenvalue weighted by Crippen LogP contribution is -2.47. The van der Waals surface area contributed by atoms with Crippen molar-refractivity contribution in [1.29, 1.82) is 0 Å². The molecule has 2 unspecified atom stereocenters. The van der Waals surface area contributed by atoms with Crippen LogP contribution in [0.2, 0.25) is 0 Å². The normalized spacial score (nSPS) is 34.9. The maximum absolute atomic E-state index is 12.8. The van der Waals surface area contributed by atoms with Gasteiger partial charge in [0.2, 0.25) is 5.91 Å². The number of fused-ring (bicyclic) bond motifs is 1. The number of pyridine rings is 1. The summed E-state index contributed by atoms with van der Waals surface area (Å²) in [6.45, 7) is 4.17. The van der Waals surface area contributed by atoms with Gasteiger partial charge in [0.05, 0.1) is 12.5 Å². The van der Waals surface area contributed by atoms with Crippen LogP contribution in [0.5, 0.6) is 0 Å². The van der Waals surface area contributed by atoms with Crippen molar-refractivity contribution < 1.29 is 9.53 Å². The van der Waals surface area contributed by atoms with Crippen molar-refractivity contribution in [3.8, 4) is 0 Å². The maximum Gasteiger partial charge on any atom is 0.232 e. The zero-order chi connectivity index (χ0) is 13.9. The summed E-state index contributed by atoms with van der Waals surface area (Å²) < 4.78 is 6.69. The molecule has 1 aromatic heterocycles. The van der Waals surface area contributed by atoms with Crippen LogP contribution in [0.25, 0.3) is 0 Å². The van der Waals surface area contributed by atoms with Crippen molar-refractivity contribution in [2.24, 2.45) is 11.8 Å². The summed E-state index contributed by atoms with van der Waals surface area (Å²) in [7, 11) is 0. The van der Waals surface area contributed by atoms with Gasteiger partial charge in [-0.3, -0.25) is 9.69 Å². The second-order valence-corrected chi connectivity index (χ2v) is 6.88. The molecule has 3 heterocycles. The molecule has 1 saturated heterocycles. The average Bonchev–Trinajstić information content (AvgIpc) is 3.15. The lowest BCUT2D eigenvalue weighted by atomic mass is 9.75. The van der Waals surface area contributed by atoms with Gasteiger partial charge in [-0.1, -0.05) is 0 Å². The van der Waals surface area contributed by atoms with Crippen molar-refractivity contribution >= 4 is 27.7 Å². The summed E-state index contributed by atoms with van der Waals surface area (Å²) in [6.07, 6.45) is 3.68. The number of aromatic nitrogens is 1. The number of amides is 1. The molecule has 1 aromatic rings. The van der Waals surface area contributed by atoms with Crippen molar-refractivity contribution in [1.82, 2.24) is 4.98 Å². The second-order valence-electron chi connectivity index (χ2n) is 5.96. The molecular formula is C15H17BrN2O2. The van der Waals surface area contributed by atoms with Crippen molar-refractivity contribution in [2.45, 2.75) is 25.2 Å². The highest BCUT2D eigenvalue weighted by Gasteiger charge is 2.66. The first-order valence-electron chi connectivity index (χ1n) is 7.23. The number of hydrogen-bond acceptors (Lipinski definition) is 3. The van der Waals surface area contributed by atoms with Crippen LogP contribution in [0, 0.1) is 11.8 Å². The SMILES string of the molecule is CCN1C(=O)[C@H]2CCOCC3CC32c2cc(Br)cnc21. The van der Waals surface area contributed by atoms with E-state index >= 15 is 0 Å². The summed E-state index contributed by atoms with van der Waals surface area (Å²) in [5.74, 6) is 1.65. The fraction of sp³-hybridized carbons (Fsp3) is 0.600. The van der Waals surface area contributed by atoms with E-state index in [1.54, 1.807) is 6.20 Å². The van der Waals surface area contributed by atoms with Crippen LogP contribution >= 0.6 is 15.9 Å². The van der Waals surface area contributed by atoms with E-state index in [-0.39, 0.29) is 17.2 Å². The first-order chi connectivity index (χ1) is 9.68. The fourth-order valence-corrected chi connectivity index (χ4v) is 4.45. The Kier molecular flexibility index (Phi) is 2.73. The third-order valence-corrected chi connectivity index (χ3v) is 5.55. The second kappa shape index (κ2) is 4.28. The molecule has 20 heavy (non-hydrogen) atoms. The summed E-state index contributed by atoms with van der Waals surface area (Å²) in [5, 5.41) is 0. The van der Waals surface area contributed by atoms with E-state index in [9.17, 15) is 4.79 Å². The molecule has 5 heteroatoms. The molecule has 1 saturated carbocycles. The topological polar surface area (TPSA) is 42.4 Å². The van der Waals surface area contributed by atoms with Crippen LogP contribution in [0.3, 0.4) is 0 Å². The van der Waals surface area contributed by atoms with Gasteiger partial charge in [0.15, 0.2) is 0 Å². The lowest BCUT2D eigenvalue weighted by Gasteiger charge is -2.38. The van der Waals surface area contributed by atoms with Gasteiger partial charge >= 0.3 is 0 Å². The van der Waals surface area contributed by atoms with Gasteiger partial charge in [-0.2, -0.15) is 0 Å². The fourth-order valence-electron chi connectivity index (χ4n) is 4.12. The Labute approximate surface area is 126 Å². The molecule has 3 aliphatic rings. The van der Waals surface area contributed by atoms with Crippen molar-refractivity contribution in [2.75, 3.05) is 24.7 Å². The van der Waals surface area contributed by atoms with E-state index in [0.717, 1.165) is 29.7 Å². The van der Waals surface area contributed by atoms with Crippen LogP contribution in [0.4, 0.5) is 5.82 Å². The van der Waals surface area contributed by atoms with E-state index in [1.165, 1.54) is 5.56 Å². The Morgan fingerprint density at radius 2 is 2.45 bits per heavy atom. The predicted octanol–water partition coefficient (Wildman–Crippen LogP) is 2.50. The van der Waals surface area contributed by atoms with Crippen molar-refractivity contribution in [3.05, 3.63) is 22.3 Å². The highest BCUT2D eigenvalue weighted by Crippen LogP contribution is 2.65. The number of rotatable bonds is 1. The number of halogens is 1. The molecule has 106 valence electrons. The summed E-state index contributed by atoms with van der Waals surface area (Å²) in [5.41, 5.74) is 1.24. The number of carbonyl (C=O) groups excluding carboxylic acids is 1. The maximum atomic E-state index is 12.8. The molecule has 1 aliphatic carbocycles. The van der Waals surface area contributed by atoms with E-state index in [1.807, 2.05) is 11.8 Å². The van der Waals surface area contributed by atoms with E-state index in [4.69, 9.17) is 4.74 Å². The molecule has 0 bridgehead atoms. The highest BCUT2D eigenvalue weighted by atomic mass is 79.9. The third kappa shape index (κ3) is 1.51. The van der Waals surface area contributed by atoms with Gasteiger partial charge in [0.1, 0.15) is 5.82 Å². The zero-order valence-corrected chi connectivity index (χ0v) is 13.0. The molecule has 0 aromatic carbocycles. The Morgan fingerprint density at radius 1 is 1.60 bits per heavy atom. The van der Waals surface area contributed by atoms with Gasteiger partial charge in [0, 0.05) is 34.8 Å². The Hall–Kier alpha value is -0.940. The van der Waals surface area contributed by atoms with Crippen LogP contribution in [-0.2, 0) is 14.9 Å². The minimum absolute atomic E-state index is 0.00856. The molecule has 0 radical (unpaired) electrons. The quantitative estimate of drug-likeness (QED) is 0.791. The summed E-state index contributed by atoms with van der Waals surface area (Å²) in [6, 6.07) is 2.16. The van der Waals surface area contributed by atoms with E-state index in [0.29, 0.717) is 19.1 Å². The lowest BCUT2D eigenvalue weighted by molar-refractivity contribution is -0.124. The first kappa shape index (κ1) is 12.8. The van der Waals surface area contributed by atoms with Gasteiger partial charge in [-0.05, 0) is 47.7 Å². The molecule has 2 aliphatic heterocycles. The van der Waals surface area contributed by atoms with Crippen molar-refractivity contribution in [3.63, 3.8) is 0 Å².